The van der Waals surface area contributed by atoms with Gasteiger partial charge in [0.2, 0.25) is 5.12 Å². The molecule has 0 heterocycles. The molecule has 0 fully saturated rings. The van der Waals surface area contributed by atoms with Gasteiger partial charge in [-0.1, -0.05) is 60.3 Å². The highest BCUT2D eigenvalue weighted by molar-refractivity contribution is 8.14. The highest BCUT2D eigenvalue weighted by Gasteiger charge is 2.11. The number of benzene rings is 2. The van der Waals surface area contributed by atoms with Gasteiger partial charge < -0.3 is 4.74 Å². The van der Waals surface area contributed by atoms with Crippen molar-refractivity contribution in [1.82, 2.24) is 0 Å². The van der Waals surface area contributed by atoms with Crippen LogP contribution in [0.4, 0.5) is 0 Å². The van der Waals surface area contributed by atoms with E-state index in [0.29, 0.717) is 22.6 Å². The Morgan fingerprint density at radius 2 is 1.70 bits per heavy atom. The van der Waals surface area contributed by atoms with Crippen LogP contribution in [0.2, 0.25) is 0 Å². The highest BCUT2D eigenvalue weighted by Crippen LogP contribution is 2.23. The summed E-state index contributed by atoms with van der Waals surface area (Å²) in [4.78, 5) is 24.0. The minimum Gasteiger partial charge on any atom is -0.496 e. The Morgan fingerprint density at radius 1 is 1.04 bits per heavy atom. The summed E-state index contributed by atoms with van der Waals surface area (Å²) in [5, 5.41) is -0.0437. The van der Waals surface area contributed by atoms with Crippen LogP contribution in [-0.2, 0) is 4.79 Å². The van der Waals surface area contributed by atoms with E-state index in [1.165, 1.54) is 6.92 Å². The number of carbonyl (C=O) groups excluding carboxylic acids is 2. The SMILES string of the molecule is COc1ccccc1/C=C(\CSC(=O)c1ccccc1)C(C)=O. The molecule has 4 heteroatoms. The van der Waals surface area contributed by atoms with Crippen molar-refractivity contribution >= 4 is 28.7 Å². The summed E-state index contributed by atoms with van der Waals surface area (Å²) in [6, 6.07) is 16.5. The Labute approximate surface area is 140 Å². The van der Waals surface area contributed by atoms with Crippen LogP contribution in [0.3, 0.4) is 0 Å². The van der Waals surface area contributed by atoms with E-state index in [2.05, 4.69) is 0 Å². The first-order valence-electron chi connectivity index (χ1n) is 7.18. The van der Waals surface area contributed by atoms with E-state index in [9.17, 15) is 9.59 Å². The molecule has 118 valence electrons. The van der Waals surface area contributed by atoms with E-state index in [0.717, 1.165) is 17.3 Å². The van der Waals surface area contributed by atoms with Crippen LogP contribution >= 0.6 is 11.8 Å². The number of ether oxygens (including phenoxy) is 1. The predicted octanol–water partition coefficient (Wildman–Crippen LogP) is 4.24. The molecule has 0 N–H and O–H groups in total. The predicted molar refractivity (Wildman–Crippen MR) is 94.9 cm³/mol. The average Bonchev–Trinajstić information content (AvgIpc) is 2.59. The molecule has 0 bridgehead atoms. The van der Waals surface area contributed by atoms with Gasteiger partial charge in [0, 0.05) is 22.5 Å². The van der Waals surface area contributed by atoms with Gasteiger partial charge in [-0.25, -0.2) is 0 Å². The van der Waals surface area contributed by atoms with Crippen molar-refractivity contribution in [2.45, 2.75) is 6.92 Å². The molecule has 0 spiro atoms. The third kappa shape index (κ3) is 4.83. The highest BCUT2D eigenvalue weighted by atomic mass is 32.2. The summed E-state index contributed by atoms with van der Waals surface area (Å²) >= 11 is 1.13. The molecule has 0 radical (unpaired) electrons. The zero-order chi connectivity index (χ0) is 16.7. The second kappa shape index (κ2) is 8.34. The molecule has 3 nitrogen and oxygen atoms in total. The van der Waals surface area contributed by atoms with E-state index in [1.54, 1.807) is 25.3 Å². The lowest BCUT2D eigenvalue weighted by Crippen LogP contribution is -2.03. The maximum absolute atomic E-state index is 12.1. The normalized spacial score (nSPS) is 11.1. The second-order valence-corrected chi connectivity index (χ2v) is 5.86. The maximum atomic E-state index is 12.1. The molecule has 0 saturated heterocycles. The summed E-state index contributed by atoms with van der Waals surface area (Å²) in [5.41, 5.74) is 2.05. The molecule has 0 aliphatic carbocycles. The van der Waals surface area contributed by atoms with Crippen LogP contribution in [0, 0.1) is 0 Å². The Morgan fingerprint density at radius 3 is 2.35 bits per heavy atom. The van der Waals surface area contributed by atoms with Gasteiger partial charge >= 0.3 is 0 Å². The van der Waals surface area contributed by atoms with Crippen LogP contribution in [0.25, 0.3) is 6.08 Å². The molecule has 0 amide bonds. The molecule has 23 heavy (non-hydrogen) atoms. The molecule has 0 saturated carbocycles. The lowest BCUT2D eigenvalue weighted by Gasteiger charge is -2.07. The van der Waals surface area contributed by atoms with Crippen LogP contribution in [-0.4, -0.2) is 23.8 Å². The third-order valence-corrected chi connectivity index (χ3v) is 4.24. The number of rotatable bonds is 6. The quantitative estimate of drug-likeness (QED) is 0.745. The second-order valence-electron chi connectivity index (χ2n) is 4.91. The molecule has 2 rings (SSSR count). The lowest BCUT2D eigenvalue weighted by molar-refractivity contribution is -0.113. The van der Waals surface area contributed by atoms with Crippen LogP contribution in [0.5, 0.6) is 5.75 Å². The first-order valence-corrected chi connectivity index (χ1v) is 8.17. The Bertz CT molecular complexity index is 720. The third-order valence-electron chi connectivity index (χ3n) is 3.29. The van der Waals surface area contributed by atoms with E-state index in [1.807, 2.05) is 42.5 Å². The fourth-order valence-electron chi connectivity index (χ4n) is 2.02. The molecule has 2 aromatic rings. The number of Topliss-reactive ketones (excluding diaryl/α,β-unsaturated/α-hetero) is 1. The fourth-order valence-corrected chi connectivity index (χ4v) is 2.90. The van der Waals surface area contributed by atoms with Gasteiger partial charge in [-0.05, 0) is 19.1 Å². The average molecular weight is 326 g/mol. The number of thioether (sulfide) groups is 1. The number of hydrogen-bond donors (Lipinski definition) is 0. The van der Waals surface area contributed by atoms with Gasteiger partial charge in [-0.15, -0.1) is 0 Å². The molecule has 0 aromatic heterocycles. The molecular formula is C19H18O3S. The Kier molecular flexibility index (Phi) is 6.18. The van der Waals surface area contributed by atoms with Crippen molar-refractivity contribution in [3.63, 3.8) is 0 Å². The summed E-state index contributed by atoms with van der Waals surface area (Å²) in [5.74, 6) is 0.982. The van der Waals surface area contributed by atoms with Crippen molar-refractivity contribution in [2.24, 2.45) is 0 Å². The number of hydrogen-bond acceptors (Lipinski definition) is 4. The number of ketones is 1. The van der Waals surface area contributed by atoms with Crippen molar-refractivity contribution < 1.29 is 14.3 Å². The van der Waals surface area contributed by atoms with Crippen LogP contribution < -0.4 is 4.74 Å². The van der Waals surface area contributed by atoms with E-state index >= 15 is 0 Å². The van der Waals surface area contributed by atoms with E-state index in [-0.39, 0.29) is 10.9 Å². The fraction of sp³-hybridized carbons (Fsp3) is 0.158. The van der Waals surface area contributed by atoms with Gasteiger partial charge in [-0.3, -0.25) is 9.59 Å². The maximum Gasteiger partial charge on any atom is 0.219 e. The minimum absolute atomic E-state index is 0.0437. The topological polar surface area (TPSA) is 43.4 Å². The van der Waals surface area contributed by atoms with E-state index in [4.69, 9.17) is 4.74 Å². The summed E-state index contributed by atoms with van der Waals surface area (Å²) in [6.45, 7) is 1.51. The van der Waals surface area contributed by atoms with Gasteiger partial charge in [0.25, 0.3) is 0 Å². The van der Waals surface area contributed by atoms with Crippen molar-refractivity contribution in [3.05, 3.63) is 71.3 Å². The number of carbonyl (C=O) groups is 2. The summed E-state index contributed by atoms with van der Waals surface area (Å²) in [7, 11) is 1.59. The zero-order valence-electron chi connectivity index (χ0n) is 13.1. The van der Waals surface area contributed by atoms with Crippen molar-refractivity contribution in [3.8, 4) is 5.75 Å². The standard InChI is InChI=1S/C19H18O3S/c1-14(20)17(12-16-10-6-7-11-18(16)22-2)13-23-19(21)15-8-4-3-5-9-15/h3-12H,13H2,1-2H3/b17-12+. The van der Waals surface area contributed by atoms with Crippen molar-refractivity contribution in [2.75, 3.05) is 12.9 Å². The first-order chi connectivity index (χ1) is 11.1. The largest absolute Gasteiger partial charge is 0.496 e. The first kappa shape index (κ1) is 17.0. The minimum atomic E-state index is -0.0516. The van der Waals surface area contributed by atoms with Gasteiger partial charge in [0.15, 0.2) is 5.78 Å². The molecule has 0 aliphatic heterocycles. The van der Waals surface area contributed by atoms with Gasteiger partial charge in [0.05, 0.1) is 7.11 Å². The van der Waals surface area contributed by atoms with Crippen molar-refractivity contribution in [1.29, 1.82) is 0 Å². The lowest BCUT2D eigenvalue weighted by atomic mass is 10.1. The smallest absolute Gasteiger partial charge is 0.219 e. The molecule has 2 aromatic carbocycles. The Balaban J connectivity index is 2.15. The van der Waals surface area contributed by atoms with Crippen LogP contribution in [0.1, 0.15) is 22.8 Å². The molecular weight excluding hydrogens is 308 g/mol. The summed E-state index contributed by atoms with van der Waals surface area (Å²) in [6.07, 6.45) is 1.78. The van der Waals surface area contributed by atoms with Crippen LogP contribution in [0.15, 0.2) is 60.2 Å². The van der Waals surface area contributed by atoms with E-state index < -0.39 is 0 Å². The molecule has 0 aliphatic rings. The van der Waals surface area contributed by atoms with Gasteiger partial charge in [0.1, 0.15) is 5.75 Å². The Hall–Kier alpha value is -2.33. The monoisotopic (exact) mass is 326 g/mol. The molecule has 0 atom stereocenters. The van der Waals surface area contributed by atoms with Gasteiger partial charge in [-0.2, -0.15) is 0 Å². The zero-order valence-corrected chi connectivity index (χ0v) is 13.9. The molecule has 0 unspecified atom stereocenters. The number of methoxy groups -OCH3 is 1. The number of para-hydroxylation sites is 1. The summed E-state index contributed by atoms with van der Waals surface area (Å²) < 4.78 is 5.29.